The summed E-state index contributed by atoms with van der Waals surface area (Å²) >= 11 is 12.0. The summed E-state index contributed by atoms with van der Waals surface area (Å²) in [6.07, 6.45) is -0.0497. The zero-order valence-electron chi connectivity index (χ0n) is 13.4. The number of anilines is 1. The summed E-state index contributed by atoms with van der Waals surface area (Å²) in [5.74, 6) is -2.95. The normalized spacial score (nSPS) is 16.8. The Morgan fingerprint density at radius 2 is 1.96 bits per heavy atom. The zero-order valence-corrected chi connectivity index (χ0v) is 15.0. The highest BCUT2D eigenvalue weighted by atomic mass is 35.5. The van der Waals surface area contributed by atoms with Gasteiger partial charge in [-0.3, -0.25) is 9.59 Å². The van der Waals surface area contributed by atoms with E-state index in [0.29, 0.717) is 21.7 Å². The smallest absolute Gasteiger partial charge is 0.227 e. The average molecular weight is 399 g/mol. The van der Waals surface area contributed by atoms with Gasteiger partial charge in [-0.2, -0.15) is 0 Å². The lowest BCUT2D eigenvalue weighted by molar-refractivity contribution is -0.126. The Labute approximate surface area is 158 Å². The van der Waals surface area contributed by atoms with Crippen molar-refractivity contribution in [2.75, 3.05) is 11.4 Å². The molecule has 2 aromatic rings. The molecule has 1 aliphatic heterocycles. The van der Waals surface area contributed by atoms with Crippen molar-refractivity contribution in [3.05, 3.63) is 63.6 Å². The summed E-state index contributed by atoms with van der Waals surface area (Å²) in [6, 6.07) is 7.87. The fraction of sp³-hybridized carbons (Fsp3) is 0.222. The number of benzene rings is 2. The van der Waals surface area contributed by atoms with Gasteiger partial charge in [-0.1, -0.05) is 23.2 Å². The number of rotatable bonds is 4. The predicted molar refractivity (Wildman–Crippen MR) is 95.1 cm³/mol. The Hall–Kier alpha value is -2.18. The molecule has 1 fully saturated rings. The Bertz CT molecular complexity index is 876. The van der Waals surface area contributed by atoms with E-state index < -0.39 is 23.5 Å². The van der Waals surface area contributed by atoms with E-state index in [2.05, 4.69) is 5.32 Å². The van der Waals surface area contributed by atoms with Gasteiger partial charge in [0.05, 0.1) is 11.6 Å². The molecule has 1 unspecified atom stereocenters. The van der Waals surface area contributed by atoms with Crippen LogP contribution in [0.25, 0.3) is 0 Å². The monoisotopic (exact) mass is 398 g/mol. The van der Waals surface area contributed by atoms with Crippen molar-refractivity contribution in [2.45, 2.75) is 13.0 Å². The van der Waals surface area contributed by atoms with Gasteiger partial charge in [-0.15, -0.1) is 0 Å². The fourth-order valence-electron chi connectivity index (χ4n) is 2.82. The van der Waals surface area contributed by atoms with Crippen molar-refractivity contribution in [3.8, 4) is 0 Å². The van der Waals surface area contributed by atoms with Crippen molar-refractivity contribution in [3.63, 3.8) is 0 Å². The Kier molecular flexibility index (Phi) is 5.44. The minimum absolute atomic E-state index is 0.0243. The number of halogens is 4. The molecule has 1 atom stereocenters. The highest BCUT2D eigenvalue weighted by molar-refractivity contribution is 6.33. The standard InChI is InChI=1S/C18H14Cl2F2N2O2/c19-12-1-3-14(20)10(5-12)8-23-18(26)11-6-17(25)24(9-11)16-4-2-13(21)7-15(16)22/h1-5,7,11H,6,8-9H2,(H,23,26). The van der Waals surface area contributed by atoms with Gasteiger partial charge in [0, 0.05) is 35.6 Å². The molecule has 2 amide bonds. The number of amides is 2. The summed E-state index contributed by atoms with van der Waals surface area (Å²) in [4.78, 5) is 25.7. The van der Waals surface area contributed by atoms with Gasteiger partial charge in [0.25, 0.3) is 0 Å². The van der Waals surface area contributed by atoms with E-state index in [4.69, 9.17) is 23.2 Å². The molecule has 4 nitrogen and oxygen atoms in total. The minimum atomic E-state index is -0.842. The molecular formula is C18H14Cl2F2N2O2. The first-order valence-corrected chi connectivity index (χ1v) is 8.58. The van der Waals surface area contributed by atoms with Crippen LogP contribution in [-0.2, 0) is 16.1 Å². The largest absolute Gasteiger partial charge is 0.352 e. The second-order valence-electron chi connectivity index (χ2n) is 5.95. The van der Waals surface area contributed by atoms with Gasteiger partial charge < -0.3 is 10.2 Å². The molecule has 1 heterocycles. The molecule has 1 saturated heterocycles. The first-order chi connectivity index (χ1) is 12.3. The van der Waals surface area contributed by atoms with Crippen LogP contribution in [0.15, 0.2) is 36.4 Å². The summed E-state index contributed by atoms with van der Waals surface area (Å²) in [6.45, 7) is 0.185. The summed E-state index contributed by atoms with van der Waals surface area (Å²) < 4.78 is 26.9. The van der Waals surface area contributed by atoms with Crippen molar-refractivity contribution >= 4 is 40.7 Å². The maximum Gasteiger partial charge on any atom is 0.227 e. The number of carbonyl (C=O) groups excluding carboxylic acids is 2. The predicted octanol–water partition coefficient (Wildman–Crippen LogP) is 3.94. The van der Waals surface area contributed by atoms with Gasteiger partial charge in [0.2, 0.25) is 11.8 Å². The lowest BCUT2D eigenvalue weighted by Gasteiger charge is -2.17. The SMILES string of the molecule is O=C(NCc1cc(Cl)ccc1Cl)C1CC(=O)N(c2ccc(F)cc2F)C1. The van der Waals surface area contributed by atoms with Crippen LogP contribution in [0.1, 0.15) is 12.0 Å². The van der Waals surface area contributed by atoms with E-state index in [-0.39, 0.29) is 31.1 Å². The van der Waals surface area contributed by atoms with E-state index in [1.54, 1.807) is 18.2 Å². The highest BCUT2D eigenvalue weighted by Gasteiger charge is 2.36. The number of nitrogens with zero attached hydrogens (tertiary/aromatic N) is 1. The second-order valence-corrected chi connectivity index (χ2v) is 6.80. The molecule has 26 heavy (non-hydrogen) atoms. The van der Waals surface area contributed by atoms with Crippen molar-refractivity contribution in [2.24, 2.45) is 5.92 Å². The molecule has 0 bridgehead atoms. The highest BCUT2D eigenvalue weighted by Crippen LogP contribution is 2.28. The Balaban J connectivity index is 1.66. The molecule has 0 spiro atoms. The van der Waals surface area contributed by atoms with Gasteiger partial charge in [0.15, 0.2) is 0 Å². The van der Waals surface area contributed by atoms with Crippen molar-refractivity contribution in [1.82, 2.24) is 5.32 Å². The van der Waals surface area contributed by atoms with Gasteiger partial charge in [-0.25, -0.2) is 8.78 Å². The summed E-state index contributed by atoms with van der Waals surface area (Å²) in [5, 5.41) is 3.67. The lowest BCUT2D eigenvalue weighted by atomic mass is 10.1. The molecule has 136 valence electrons. The average Bonchev–Trinajstić information content (AvgIpc) is 2.97. The van der Waals surface area contributed by atoms with Crippen LogP contribution in [0.5, 0.6) is 0 Å². The van der Waals surface area contributed by atoms with Crippen LogP contribution in [-0.4, -0.2) is 18.4 Å². The van der Waals surface area contributed by atoms with Crippen LogP contribution < -0.4 is 10.2 Å². The maximum atomic E-state index is 13.9. The molecule has 8 heteroatoms. The molecule has 0 aliphatic carbocycles. The van der Waals surface area contributed by atoms with Crippen LogP contribution in [0.3, 0.4) is 0 Å². The van der Waals surface area contributed by atoms with Crippen LogP contribution in [0, 0.1) is 17.6 Å². The molecule has 1 N–H and O–H groups in total. The molecule has 0 aromatic heterocycles. The summed E-state index contributed by atoms with van der Waals surface area (Å²) in [5.41, 5.74) is 0.614. The fourth-order valence-corrected chi connectivity index (χ4v) is 3.20. The van der Waals surface area contributed by atoms with Crippen LogP contribution >= 0.6 is 23.2 Å². The van der Waals surface area contributed by atoms with Crippen molar-refractivity contribution in [1.29, 1.82) is 0 Å². The molecule has 0 radical (unpaired) electrons. The first kappa shape index (κ1) is 18.6. The van der Waals surface area contributed by atoms with Crippen LogP contribution in [0.2, 0.25) is 10.0 Å². The van der Waals surface area contributed by atoms with Gasteiger partial charge in [0.1, 0.15) is 11.6 Å². The molecule has 2 aromatic carbocycles. The molecule has 0 saturated carbocycles. The van der Waals surface area contributed by atoms with Crippen LogP contribution in [0.4, 0.5) is 14.5 Å². The number of hydrogen-bond donors (Lipinski definition) is 1. The first-order valence-electron chi connectivity index (χ1n) is 7.82. The number of nitrogens with one attached hydrogen (secondary N) is 1. The third-order valence-corrected chi connectivity index (χ3v) is 4.76. The Morgan fingerprint density at radius 3 is 2.69 bits per heavy atom. The number of carbonyl (C=O) groups is 2. The maximum absolute atomic E-state index is 13.9. The molecule has 1 aliphatic rings. The quantitative estimate of drug-likeness (QED) is 0.847. The zero-order chi connectivity index (χ0) is 18.8. The van der Waals surface area contributed by atoms with E-state index in [1.807, 2.05) is 0 Å². The summed E-state index contributed by atoms with van der Waals surface area (Å²) in [7, 11) is 0. The van der Waals surface area contributed by atoms with Gasteiger partial charge in [-0.05, 0) is 35.9 Å². The second kappa shape index (κ2) is 7.60. The molecular weight excluding hydrogens is 385 g/mol. The van der Waals surface area contributed by atoms with Gasteiger partial charge >= 0.3 is 0 Å². The third kappa shape index (κ3) is 3.97. The van der Waals surface area contributed by atoms with E-state index >= 15 is 0 Å². The van der Waals surface area contributed by atoms with E-state index in [0.717, 1.165) is 11.0 Å². The lowest BCUT2D eigenvalue weighted by Crippen LogP contribution is -2.33. The van der Waals surface area contributed by atoms with E-state index in [9.17, 15) is 18.4 Å². The van der Waals surface area contributed by atoms with E-state index in [1.165, 1.54) is 6.07 Å². The third-order valence-electron chi connectivity index (χ3n) is 4.16. The number of hydrogen-bond acceptors (Lipinski definition) is 2. The van der Waals surface area contributed by atoms with Crippen molar-refractivity contribution < 1.29 is 18.4 Å². The Morgan fingerprint density at radius 1 is 1.19 bits per heavy atom. The minimum Gasteiger partial charge on any atom is -0.352 e. The topological polar surface area (TPSA) is 49.4 Å². The molecule has 3 rings (SSSR count).